The van der Waals surface area contributed by atoms with E-state index in [2.05, 4.69) is 15.0 Å². The molecule has 0 saturated heterocycles. The van der Waals surface area contributed by atoms with Crippen LogP contribution >= 0.6 is 11.3 Å². The highest BCUT2D eigenvalue weighted by molar-refractivity contribution is 7.16. The Morgan fingerprint density at radius 2 is 2.04 bits per heavy atom. The van der Waals surface area contributed by atoms with Crippen molar-refractivity contribution in [1.82, 2.24) is 19.5 Å². The van der Waals surface area contributed by atoms with Crippen molar-refractivity contribution < 1.29 is 9.47 Å². The van der Waals surface area contributed by atoms with Gasteiger partial charge in [-0.2, -0.15) is 9.61 Å². The number of benzene rings is 1. The van der Waals surface area contributed by atoms with Crippen LogP contribution < -0.4 is 15.0 Å². The molecule has 0 aliphatic carbocycles. The van der Waals surface area contributed by atoms with Crippen LogP contribution in [0.5, 0.6) is 11.5 Å². The molecule has 0 N–H and O–H groups in total. The zero-order chi connectivity index (χ0) is 18.7. The Labute approximate surface area is 155 Å². The minimum atomic E-state index is -0.145. The largest absolute Gasteiger partial charge is 0.493 e. The number of methoxy groups -OCH3 is 1. The predicted molar refractivity (Wildman–Crippen MR) is 101 cm³/mol. The minimum absolute atomic E-state index is 0.145. The maximum atomic E-state index is 12.0. The molecular weight excluding hydrogens is 352 g/mol. The fraction of sp³-hybridized carbons (Fsp3) is 0.389. The van der Waals surface area contributed by atoms with Crippen LogP contribution in [0.2, 0.25) is 0 Å². The van der Waals surface area contributed by atoms with Crippen LogP contribution in [-0.2, 0) is 13.1 Å². The topological polar surface area (TPSA) is 69.0 Å². The monoisotopic (exact) mass is 374 g/mol. The third kappa shape index (κ3) is 4.03. The molecule has 3 aromatic rings. The molecule has 8 heteroatoms. The summed E-state index contributed by atoms with van der Waals surface area (Å²) >= 11 is 1.44. The van der Waals surface area contributed by atoms with E-state index in [1.54, 1.807) is 7.11 Å². The van der Waals surface area contributed by atoms with Gasteiger partial charge in [-0.3, -0.25) is 9.69 Å². The third-order valence-electron chi connectivity index (χ3n) is 3.80. The number of hydrogen-bond acceptors (Lipinski definition) is 7. The number of hydrogen-bond donors (Lipinski definition) is 0. The smallest absolute Gasteiger partial charge is 0.275 e. The standard InChI is InChI=1S/C18H22N4O3S/c1-5-25-14-7-6-13(9-15(14)24-4)10-21(3)11-16-20-22-17(23)8-12(2)19-18(22)26-16/h6-9H,5,10-11H2,1-4H3. The maximum absolute atomic E-state index is 12.0. The van der Waals surface area contributed by atoms with E-state index in [-0.39, 0.29) is 5.56 Å². The molecule has 2 aromatic heterocycles. The highest BCUT2D eigenvalue weighted by Gasteiger charge is 2.11. The van der Waals surface area contributed by atoms with Gasteiger partial charge >= 0.3 is 0 Å². The molecular formula is C18H22N4O3S. The summed E-state index contributed by atoms with van der Waals surface area (Å²) in [6.45, 7) is 5.70. The molecule has 26 heavy (non-hydrogen) atoms. The SMILES string of the molecule is CCOc1ccc(CN(C)Cc2nn3c(=O)cc(C)nc3s2)cc1OC. The summed E-state index contributed by atoms with van der Waals surface area (Å²) in [5.74, 6) is 1.47. The highest BCUT2D eigenvalue weighted by atomic mass is 32.1. The zero-order valence-electron chi connectivity index (χ0n) is 15.4. The molecule has 0 aliphatic heterocycles. The molecule has 0 aliphatic rings. The van der Waals surface area contributed by atoms with Crippen molar-refractivity contribution in [2.45, 2.75) is 26.9 Å². The molecule has 0 radical (unpaired) electrons. The van der Waals surface area contributed by atoms with E-state index >= 15 is 0 Å². The van der Waals surface area contributed by atoms with E-state index in [0.717, 1.165) is 28.6 Å². The zero-order valence-corrected chi connectivity index (χ0v) is 16.2. The quantitative estimate of drug-likeness (QED) is 0.633. The van der Waals surface area contributed by atoms with Crippen molar-refractivity contribution in [2.75, 3.05) is 20.8 Å². The first-order chi connectivity index (χ1) is 12.5. The Morgan fingerprint density at radius 3 is 2.77 bits per heavy atom. The Kier molecular flexibility index (Phi) is 5.53. The van der Waals surface area contributed by atoms with Gasteiger partial charge in [-0.1, -0.05) is 17.4 Å². The number of rotatable bonds is 7. The van der Waals surface area contributed by atoms with Crippen molar-refractivity contribution in [2.24, 2.45) is 0 Å². The van der Waals surface area contributed by atoms with Gasteiger partial charge < -0.3 is 9.47 Å². The van der Waals surface area contributed by atoms with Crippen LogP contribution in [0.1, 0.15) is 23.2 Å². The summed E-state index contributed by atoms with van der Waals surface area (Å²) in [4.78, 5) is 19.1. The molecule has 0 amide bonds. The molecule has 2 heterocycles. The van der Waals surface area contributed by atoms with Gasteiger partial charge in [0.2, 0.25) is 4.96 Å². The van der Waals surface area contributed by atoms with E-state index in [1.165, 1.54) is 21.9 Å². The van der Waals surface area contributed by atoms with Crippen molar-refractivity contribution in [3.05, 3.63) is 50.9 Å². The Hall–Kier alpha value is -2.45. The number of ether oxygens (including phenoxy) is 2. The lowest BCUT2D eigenvalue weighted by Gasteiger charge is -2.16. The highest BCUT2D eigenvalue weighted by Crippen LogP contribution is 2.28. The molecule has 0 bridgehead atoms. The van der Waals surface area contributed by atoms with E-state index in [4.69, 9.17) is 9.47 Å². The molecule has 0 saturated carbocycles. The summed E-state index contributed by atoms with van der Waals surface area (Å²) in [5, 5.41) is 5.23. The summed E-state index contributed by atoms with van der Waals surface area (Å²) in [6.07, 6.45) is 0. The fourth-order valence-corrected chi connectivity index (χ4v) is 3.73. The molecule has 138 valence electrons. The van der Waals surface area contributed by atoms with E-state index in [0.29, 0.717) is 23.8 Å². The van der Waals surface area contributed by atoms with Crippen LogP contribution in [0.3, 0.4) is 0 Å². The lowest BCUT2D eigenvalue weighted by atomic mass is 10.2. The normalized spacial score (nSPS) is 11.3. The summed E-state index contributed by atoms with van der Waals surface area (Å²) in [7, 11) is 3.65. The number of aromatic nitrogens is 3. The van der Waals surface area contributed by atoms with Gasteiger partial charge in [-0.25, -0.2) is 4.98 Å². The second-order valence-electron chi connectivity index (χ2n) is 6.02. The van der Waals surface area contributed by atoms with Crippen molar-refractivity contribution >= 4 is 16.3 Å². The molecule has 1 aromatic carbocycles. The average Bonchev–Trinajstić information content (AvgIpc) is 2.98. The van der Waals surface area contributed by atoms with Gasteiger partial charge in [-0.15, -0.1) is 0 Å². The van der Waals surface area contributed by atoms with Gasteiger partial charge in [0.25, 0.3) is 5.56 Å². The third-order valence-corrected chi connectivity index (χ3v) is 4.69. The summed E-state index contributed by atoms with van der Waals surface area (Å²) in [5.41, 5.74) is 1.67. The summed E-state index contributed by atoms with van der Waals surface area (Å²) < 4.78 is 12.3. The predicted octanol–water partition coefficient (Wildman–Crippen LogP) is 2.50. The molecule has 7 nitrogen and oxygen atoms in total. The average molecular weight is 374 g/mol. The molecule has 0 fully saturated rings. The van der Waals surface area contributed by atoms with Gasteiger partial charge in [0.05, 0.1) is 20.3 Å². The summed E-state index contributed by atoms with van der Waals surface area (Å²) in [6, 6.07) is 7.43. The second-order valence-corrected chi connectivity index (χ2v) is 7.06. The van der Waals surface area contributed by atoms with E-state index in [9.17, 15) is 4.79 Å². The van der Waals surface area contributed by atoms with Crippen molar-refractivity contribution in [3.8, 4) is 11.5 Å². The lowest BCUT2D eigenvalue weighted by Crippen LogP contribution is -2.18. The second kappa shape index (κ2) is 7.84. The Balaban J connectivity index is 1.73. The number of fused-ring (bicyclic) bond motifs is 1. The number of aryl methyl sites for hydroxylation is 1. The van der Waals surface area contributed by atoms with Gasteiger partial charge in [0, 0.05) is 18.3 Å². The molecule has 0 atom stereocenters. The first kappa shape index (κ1) is 18.3. The van der Waals surface area contributed by atoms with Crippen LogP contribution in [-0.4, -0.2) is 40.3 Å². The van der Waals surface area contributed by atoms with Gasteiger partial charge in [0.1, 0.15) is 5.01 Å². The van der Waals surface area contributed by atoms with Gasteiger partial charge in [-0.05, 0) is 38.6 Å². The van der Waals surface area contributed by atoms with Crippen LogP contribution in [0.4, 0.5) is 0 Å². The fourth-order valence-electron chi connectivity index (χ4n) is 2.71. The first-order valence-electron chi connectivity index (χ1n) is 8.34. The van der Waals surface area contributed by atoms with Crippen molar-refractivity contribution in [3.63, 3.8) is 0 Å². The molecule has 0 unspecified atom stereocenters. The van der Waals surface area contributed by atoms with Crippen LogP contribution in [0.15, 0.2) is 29.1 Å². The van der Waals surface area contributed by atoms with Gasteiger partial charge in [0.15, 0.2) is 11.5 Å². The van der Waals surface area contributed by atoms with Crippen molar-refractivity contribution in [1.29, 1.82) is 0 Å². The Bertz CT molecular complexity index is 967. The lowest BCUT2D eigenvalue weighted by molar-refractivity contribution is 0.305. The number of nitrogens with zero attached hydrogens (tertiary/aromatic N) is 4. The maximum Gasteiger partial charge on any atom is 0.275 e. The first-order valence-corrected chi connectivity index (χ1v) is 9.16. The Morgan fingerprint density at radius 1 is 1.23 bits per heavy atom. The van der Waals surface area contributed by atoms with Crippen LogP contribution in [0.25, 0.3) is 4.96 Å². The van der Waals surface area contributed by atoms with E-state index in [1.807, 2.05) is 39.1 Å². The van der Waals surface area contributed by atoms with E-state index < -0.39 is 0 Å². The minimum Gasteiger partial charge on any atom is -0.493 e. The van der Waals surface area contributed by atoms with Crippen LogP contribution in [0, 0.1) is 6.92 Å². The molecule has 0 spiro atoms. The molecule has 3 rings (SSSR count).